The van der Waals surface area contributed by atoms with Crippen LogP contribution in [0.2, 0.25) is 0 Å². The molecular formula is C49H29N5. The van der Waals surface area contributed by atoms with Crippen LogP contribution in [0.5, 0.6) is 0 Å². The average molecular weight is 688 g/mol. The predicted molar refractivity (Wildman–Crippen MR) is 220 cm³/mol. The number of benzene rings is 7. The predicted octanol–water partition coefficient (Wildman–Crippen LogP) is 12.1. The van der Waals surface area contributed by atoms with Crippen molar-refractivity contribution >= 4 is 32.6 Å². The van der Waals surface area contributed by atoms with Gasteiger partial charge in [-0.3, -0.25) is 0 Å². The maximum Gasteiger partial charge on any atom is 0.164 e. The first kappa shape index (κ1) is 30.3. The molecule has 0 bridgehead atoms. The maximum atomic E-state index is 5.28. The summed E-state index contributed by atoms with van der Waals surface area (Å²) in [4.78, 5) is 25.3. The van der Waals surface area contributed by atoms with Crippen molar-refractivity contribution < 1.29 is 0 Å². The lowest BCUT2D eigenvalue weighted by molar-refractivity contribution is 1.07. The van der Waals surface area contributed by atoms with E-state index in [0.29, 0.717) is 17.5 Å². The molecule has 5 heteroatoms. The van der Waals surface area contributed by atoms with Crippen LogP contribution >= 0.6 is 0 Å². The Morgan fingerprint density at radius 2 is 0.741 bits per heavy atom. The van der Waals surface area contributed by atoms with E-state index in [1.165, 1.54) is 33.0 Å². The molecule has 0 fully saturated rings. The molecule has 5 nitrogen and oxygen atoms in total. The van der Waals surface area contributed by atoms with Gasteiger partial charge in [0.25, 0.3) is 0 Å². The second kappa shape index (κ2) is 12.1. The summed E-state index contributed by atoms with van der Waals surface area (Å²) in [5, 5.41) is 4.69. The standard InChI is InChI=1S/C49H29N5/c1-3-10-33(11-4-1)47-52-48(34-12-5-2-6-13-34)54-49(53-47)37-17-7-16-35(28-37)42-26-23-31-20-21-32-24-27-43(51-46(32)45(31)50-42)36-22-25-38-39-18-8-14-30-15-9-19-40(44(30)39)41(38)29-36/h1-29H. The van der Waals surface area contributed by atoms with Gasteiger partial charge in [-0.05, 0) is 57.3 Å². The van der Waals surface area contributed by atoms with Crippen molar-refractivity contribution in [3.05, 3.63) is 176 Å². The van der Waals surface area contributed by atoms with E-state index in [4.69, 9.17) is 24.9 Å². The van der Waals surface area contributed by atoms with Gasteiger partial charge >= 0.3 is 0 Å². The Kier molecular flexibility index (Phi) is 6.79. The van der Waals surface area contributed by atoms with Gasteiger partial charge in [0.2, 0.25) is 0 Å². The van der Waals surface area contributed by atoms with Crippen LogP contribution < -0.4 is 0 Å². The molecule has 0 unspecified atom stereocenters. The van der Waals surface area contributed by atoms with Crippen LogP contribution in [-0.4, -0.2) is 24.9 Å². The Balaban J connectivity index is 1.00. The molecule has 54 heavy (non-hydrogen) atoms. The molecule has 11 rings (SSSR count). The Morgan fingerprint density at radius 1 is 0.259 bits per heavy atom. The zero-order chi connectivity index (χ0) is 35.6. The third kappa shape index (κ3) is 4.98. The summed E-state index contributed by atoms with van der Waals surface area (Å²) in [6.45, 7) is 0. The molecule has 0 atom stereocenters. The summed E-state index contributed by atoms with van der Waals surface area (Å²) in [6.07, 6.45) is 0. The highest BCUT2D eigenvalue weighted by Gasteiger charge is 2.22. The number of nitrogens with zero attached hydrogens (tertiary/aromatic N) is 5. The Morgan fingerprint density at radius 3 is 1.35 bits per heavy atom. The molecule has 0 N–H and O–H groups in total. The lowest BCUT2D eigenvalue weighted by Crippen LogP contribution is -2.00. The van der Waals surface area contributed by atoms with Gasteiger partial charge in [-0.25, -0.2) is 24.9 Å². The zero-order valence-electron chi connectivity index (χ0n) is 29.0. The number of rotatable bonds is 5. The number of aromatic nitrogens is 5. The topological polar surface area (TPSA) is 64.5 Å². The third-order valence-electron chi connectivity index (χ3n) is 10.4. The molecule has 0 amide bonds. The van der Waals surface area contributed by atoms with E-state index in [2.05, 4.69) is 103 Å². The monoisotopic (exact) mass is 687 g/mol. The minimum absolute atomic E-state index is 0.607. The van der Waals surface area contributed by atoms with Gasteiger partial charge in [0.1, 0.15) is 0 Å². The molecule has 3 heterocycles. The van der Waals surface area contributed by atoms with Gasteiger partial charge in [-0.1, -0.05) is 152 Å². The van der Waals surface area contributed by atoms with Gasteiger partial charge in [-0.15, -0.1) is 0 Å². The number of hydrogen-bond donors (Lipinski definition) is 0. The Labute approximate surface area is 311 Å². The fraction of sp³-hybridized carbons (Fsp3) is 0. The first-order chi connectivity index (χ1) is 26.7. The lowest BCUT2D eigenvalue weighted by Gasteiger charge is -2.11. The number of fused-ring (bicyclic) bond motifs is 6. The smallest absolute Gasteiger partial charge is 0.164 e. The summed E-state index contributed by atoms with van der Waals surface area (Å²) >= 11 is 0. The van der Waals surface area contributed by atoms with Crippen LogP contribution in [0.25, 0.3) is 112 Å². The van der Waals surface area contributed by atoms with Gasteiger partial charge in [0, 0.05) is 38.6 Å². The summed E-state index contributed by atoms with van der Waals surface area (Å²) < 4.78 is 0. The van der Waals surface area contributed by atoms with E-state index in [-0.39, 0.29) is 0 Å². The second-order valence-corrected chi connectivity index (χ2v) is 13.7. The Hall–Kier alpha value is -7.37. The summed E-state index contributed by atoms with van der Waals surface area (Å²) in [6, 6.07) is 61.0. The molecule has 1 aliphatic carbocycles. The van der Waals surface area contributed by atoms with Gasteiger partial charge in [-0.2, -0.15) is 0 Å². The molecule has 1 aliphatic rings. The molecule has 0 spiro atoms. The highest BCUT2D eigenvalue weighted by molar-refractivity contribution is 6.15. The molecular weight excluding hydrogens is 659 g/mol. The van der Waals surface area contributed by atoms with E-state index < -0.39 is 0 Å². The van der Waals surface area contributed by atoms with E-state index >= 15 is 0 Å². The molecule has 0 saturated heterocycles. The maximum absolute atomic E-state index is 5.28. The van der Waals surface area contributed by atoms with Crippen LogP contribution in [0.15, 0.2) is 176 Å². The average Bonchev–Trinajstić information content (AvgIpc) is 3.58. The fourth-order valence-electron chi connectivity index (χ4n) is 7.80. The second-order valence-electron chi connectivity index (χ2n) is 13.7. The molecule has 250 valence electrons. The van der Waals surface area contributed by atoms with Crippen molar-refractivity contribution in [2.75, 3.05) is 0 Å². The van der Waals surface area contributed by atoms with Crippen molar-refractivity contribution in [3.8, 4) is 78.9 Å². The highest BCUT2D eigenvalue weighted by Crippen LogP contribution is 2.48. The van der Waals surface area contributed by atoms with Crippen LogP contribution in [-0.2, 0) is 0 Å². The van der Waals surface area contributed by atoms with Crippen molar-refractivity contribution in [2.45, 2.75) is 0 Å². The van der Waals surface area contributed by atoms with Gasteiger partial charge < -0.3 is 0 Å². The van der Waals surface area contributed by atoms with Crippen LogP contribution in [0.3, 0.4) is 0 Å². The van der Waals surface area contributed by atoms with Crippen molar-refractivity contribution in [3.63, 3.8) is 0 Å². The highest BCUT2D eigenvalue weighted by atomic mass is 15.0. The lowest BCUT2D eigenvalue weighted by atomic mass is 9.99. The first-order valence-corrected chi connectivity index (χ1v) is 18.1. The quantitative estimate of drug-likeness (QED) is 0.169. The minimum Gasteiger partial charge on any atom is -0.245 e. The van der Waals surface area contributed by atoms with Crippen LogP contribution in [0.1, 0.15) is 0 Å². The molecule has 0 radical (unpaired) electrons. The molecule has 10 aromatic rings. The van der Waals surface area contributed by atoms with Gasteiger partial charge in [0.05, 0.1) is 22.4 Å². The zero-order valence-corrected chi connectivity index (χ0v) is 29.0. The van der Waals surface area contributed by atoms with E-state index in [9.17, 15) is 0 Å². The van der Waals surface area contributed by atoms with Gasteiger partial charge in [0.15, 0.2) is 17.5 Å². The fourth-order valence-corrected chi connectivity index (χ4v) is 7.80. The van der Waals surface area contributed by atoms with Crippen molar-refractivity contribution in [1.29, 1.82) is 0 Å². The van der Waals surface area contributed by atoms with E-state index in [0.717, 1.165) is 61.0 Å². The van der Waals surface area contributed by atoms with E-state index in [1.807, 2.05) is 72.8 Å². The third-order valence-corrected chi connectivity index (χ3v) is 10.4. The number of pyridine rings is 2. The molecule has 7 aromatic carbocycles. The normalized spacial score (nSPS) is 11.7. The summed E-state index contributed by atoms with van der Waals surface area (Å²) in [5.41, 5.74) is 13.5. The summed E-state index contributed by atoms with van der Waals surface area (Å²) in [5.74, 6) is 1.87. The van der Waals surface area contributed by atoms with Crippen molar-refractivity contribution in [1.82, 2.24) is 24.9 Å². The van der Waals surface area contributed by atoms with Crippen LogP contribution in [0.4, 0.5) is 0 Å². The summed E-state index contributed by atoms with van der Waals surface area (Å²) in [7, 11) is 0. The first-order valence-electron chi connectivity index (χ1n) is 18.1. The Bertz CT molecular complexity index is 3040. The van der Waals surface area contributed by atoms with Crippen LogP contribution in [0, 0.1) is 0 Å². The van der Waals surface area contributed by atoms with Crippen molar-refractivity contribution in [2.24, 2.45) is 0 Å². The minimum atomic E-state index is 0.607. The van der Waals surface area contributed by atoms with E-state index in [1.54, 1.807) is 0 Å². The largest absolute Gasteiger partial charge is 0.245 e. The molecule has 0 aliphatic heterocycles. The number of hydrogen-bond acceptors (Lipinski definition) is 5. The SMILES string of the molecule is c1ccc(-c2nc(-c3ccccc3)nc(-c3cccc(-c4ccc5ccc6ccc(-c7ccc8c(c7)-c7cccc9cccc-8c79)nc6c5n4)c3)n2)cc1. The molecule has 0 saturated carbocycles. The molecule has 3 aromatic heterocycles.